The molecule has 1 aromatic rings. The molecule has 78 valence electrons. The van der Waals surface area contributed by atoms with Crippen molar-refractivity contribution >= 4 is 0 Å². The predicted octanol–water partition coefficient (Wildman–Crippen LogP) is 2.20. The van der Waals surface area contributed by atoms with Crippen LogP contribution in [0.15, 0.2) is 24.3 Å². The quantitative estimate of drug-likeness (QED) is 0.781. The highest BCUT2D eigenvalue weighted by molar-refractivity contribution is 5.22. The molecule has 0 saturated heterocycles. The minimum Gasteiger partial charge on any atom is -0.492 e. The van der Waals surface area contributed by atoms with Gasteiger partial charge >= 0.3 is 0 Å². The molecule has 0 aromatic heterocycles. The van der Waals surface area contributed by atoms with E-state index in [0.29, 0.717) is 18.4 Å². The molecule has 0 amide bonds. The van der Waals surface area contributed by atoms with Crippen LogP contribution < -0.4 is 10.1 Å². The van der Waals surface area contributed by atoms with E-state index in [1.54, 1.807) is 12.1 Å². The molecule has 0 bridgehead atoms. The summed E-state index contributed by atoms with van der Waals surface area (Å²) >= 11 is 0. The summed E-state index contributed by atoms with van der Waals surface area (Å²) in [4.78, 5) is 0. The van der Waals surface area contributed by atoms with Gasteiger partial charge in [-0.2, -0.15) is 0 Å². The van der Waals surface area contributed by atoms with Crippen LogP contribution in [-0.4, -0.2) is 19.7 Å². The molecule has 2 nitrogen and oxygen atoms in total. The van der Waals surface area contributed by atoms with Crippen LogP contribution >= 0.6 is 0 Å². The van der Waals surface area contributed by atoms with Crippen molar-refractivity contribution in [3.05, 3.63) is 30.1 Å². The molecule has 1 atom stereocenters. The Morgan fingerprint density at radius 3 is 2.50 bits per heavy atom. The predicted molar refractivity (Wildman–Crippen MR) is 55.0 cm³/mol. The van der Waals surface area contributed by atoms with E-state index in [0.717, 1.165) is 6.42 Å². The lowest BCUT2D eigenvalue weighted by molar-refractivity contribution is 0.267. The van der Waals surface area contributed by atoms with Crippen molar-refractivity contribution in [3.63, 3.8) is 0 Å². The Morgan fingerprint density at radius 2 is 2.00 bits per heavy atom. The smallest absolute Gasteiger partial charge is 0.123 e. The fourth-order valence-electron chi connectivity index (χ4n) is 1.13. The molecule has 0 saturated carbocycles. The van der Waals surface area contributed by atoms with Gasteiger partial charge in [0.15, 0.2) is 0 Å². The molecule has 0 aliphatic heterocycles. The zero-order valence-electron chi connectivity index (χ0n) is 8.59. The lowest BCUT2D eigenvalue weighted by Crippen LogP contribution is -2.30. The summed E-state index contributed by atoms with van der Waals surface area (Å²) < 4.78 is 18.0. The van der Waals surface area contributed by atoms with Gasteiger partial charge in [0.05, 0.1) is 0 Å². The first-order chi connectivity index (χ1) is 6.76. The Balaban J connectivity index is 2.41. The average molecular weight is 197 g/mol. The lowest BCUT2D eigenvalue weighted by Gasteiger charge is -2.14. The van der Waals surface area contributed by atoms with Crippen LogP contribution in [-0.2, 0) is 0 Å². The molecule has 0 radical (unpaired) electrons. The summed E-state index contributed by atoms with van der Waals surface area (Å²) in [6, 6.07) is 6.42. The molecule has 0 spiro atoms. The van der Waals surface area contributed by atoms with Crippen molar-refractivity contribution in [2.45, 2.75) is 19.4 Å². The average Bonchev–Trinajstić information content (AvgIpc) is 2.22. The number of hydrogen-bond donors (Lipinski definition) is 1. The highest BCUT2D eigenvalue weighted by Crippen LogP contribution is 2.11. The first kappa shape index (κ1) is 11.0. The summed E-state index contributed by atoms with van der Waals surface area (Å²) in [6.45, 7) is 2.70. The Kier molecular flexibility index (Phi) is 4.40. The van der Waals surface area contributed by atoms with Gasteiger partial charge in [0.25, 0.3) is 0 Å². The van der Waals surface area contributed by atoms with E-state index in [4.69, 9.17) is 4.74 Å². The highest BCUT2D eigenvalue weighted by atomic mass is 19.1. The molecule has 1 rings (SSSR count). The SMILES string of the molecule is CCC(COc1ccc(F)cc1)NC. The molecule has 1 unspecified atom stereocenters. The molecule has 14 heavy (non-hydrogen) atoms. The van der Waals surface area contributed by atoms with E-state index in [-0.39, 0.29) is 5.82 Å². The summed E-state index contributed by atoms with van der Waals surface area (Å²) in [7, 11) is 1.90. The number of likely N-dealkylation sites (N-methyl/N-ethyl adjacent to an activating group) is 1. The van der Waals surface area contributed by atoms with Crippen LogP contribution in [0.5, 0.6) is 5.75 Å². The molecular formula is C11H16FNO. The van der Waals surface area contributed by atoms with E-state index in [1.165, 1.54) is 12.1 Å². The third-order valence-corrected chi connectivity index (χ3v) is 2.17. The van der Waals surface area contributed by atoms with Crippen LogP contribution in [0, 0.1) is 5.82 Å². The van der Waals surface area contributed by atoms with Gasteiger partial charge in [-0.25, -0.2) is 4.39 Å². The lowest BCUT2D eigenvalue weighted by atomic mass is 10.2. The monoisotopic (exact) mass is 197 g/mol. The summed E-state index contributed by atoms with van der Waals surface area (Å²) in [6.07, 6.45) is 1.01. The maximum absolute atomic E-state index is 12.5. The first-order valence-corrected chi connectivity index (χ1v) is 4.82. The second-order valence-electron chi connectivity index (χ2n) is 3.16. The zero-order chi connectivity index (χ0) is 10.4. The Morgan fingerprint density at radius 1 is 1.36 bits per heavy atom. The highest BCUT2D eigenvalue weighted by Gasteiger charge is 2.03. The number of halogens is 1. The molecular weight excluding hydrogens is 181 g/mol. The zero-order valence-corrected chi connectivity index (χ0v) is 8.59. The van der Waals surface area contributed by atoms with Crippen LogP contribution in [0.2, 0.25) is 0 Å². The van der Waals surface area contributed by atoms with Gasteiger partial charge in [0.2, 0.25) is 0 Å². The van der Waals surface area contributed by atoms with E-state index < -0.39 is 0 Å². The summed E-state index contributed by atoms with van der Waals surface area (Å²) in [5, 5.41) is 3.13. The normalized spacial score (nSPS) is 12.5. The largest absolute Gasteiger partial charge is 0.492 e. The van der Waals surface area contributed by atoms with Crippen LogP contribution in [0.25, 0.3) is 0 Å². The van der Waals surface area contributed by atoms with Crippen molar-refractivity contribution in [3.8, 4) is 5.75 Å². The van der Waals surface area contributed by atoms with Crippen LogP contribution in [0.1, 0.15) is 13.3 Å². The van der Waals surface area contributed by atoms with Gasteiger partial charge in [0.1, 0.15) is 18.2 Å². The number of ether oxygens (including phenoxy) is 1. The molecule has 1 aromatic carbocycles. The Labute approximate surface area is 84.1 Å². The summed E-state index contributed by atoms with van der Waals surface area (Å²) in [5.41, 5.74) is 0. The van der Waals surface area contributed by atoms with E-state index in [1.807, 2.05) is 7.05 Å². The molecule has 1 N–H and O–H groups in total. The van der Waals surface area contributed by atoms with Crippen molar-refractivity contribution in [2.24, 2.45) is 0 Å². The van der Waals surface area contributed by atoms with Crippen molar-refractivity contribution < 1.29 is 9.13 Å². The van der Waals surface area contributed by atoms with E-state index >= 15 is 0 Å². The van der Waals surface area contributed by atoms with Crippen molar-refractivity contribution in [1.29, 1.82) is 0 Å². The van der Waals surface area contributed by atoms with E-state index in [2.05, 4.69) is 12.2 Å². The number of rotatable bonds is 5. The third kappa shape index (κ3) is 3.34. The van der Waals surface area contributed by atoms with Gasteiger partial charge in [0, 0.05) is 6.04 Å². The Bertz CT molecular complexity index is 256. The minimum absolute atomic E-state index is 0.238. The standard InChI is InChI=1S/C11H16FNO/c1-3-10(13-2)8-14-11-6-4-9(12)5-7-11/h4-7,10,13H,3,8H2,1-2H3. The maximum Gasteiger partial charge on any atom is 0.123 e. The number of hydrogen-bond acceptors (Lipinski definition) is 2. The second kappa shape index (κ2) is 5.60. The molecule has 0 aliphatic carbocycles. The first-order valence-electron chi connectivity index (χ1n) is 4.82. The summed E-state index contributed by atoms with van der Waals surface area (Å²) in [5.74, 6) is 0.470. The fourth-order valence-corrected chi connectivity index (χ4v) is 1.13. The molecule has 0 aliphatic rings. The van der Waals surface area contributed by atoms with Crippen molar-refractivity contribution in [1.82, 2.24) is 5.32 Å². The number of benzene rings is 1. The van der Waals surface area contributed by atoms with Gasteiger partial charge in [-0.15, -0.1) is 0 Å². The van der Waals surface area contributed by atoms with Crippen LogP contribution in [0.4, 0.5) is 4.39 Å². The van der Waals surface area contributed by atoms with Crippen LogP contribution in [0.3, 0.4) is 0 Å². The van der Waals surface area contributed by atoms with Gasteiger partial charge < -0.3 is 10.1 Å². The molecule has 0 heterocycles. The maximum atomic E-state index is 12.5. The molecule has 3 heteroatoms. The van der Waals surface area contributed by atoms with Gasteiger partial charge in [-0.05, 0) is 37.7 Å². The van der Waals surface area contributed by atoms with E-state index in [9.17, 15) is 4.39 Å². The Hall–Kier alpha value is -1.09. The minimum atomic E-state index is -0.238. The second-order valence-corrected chi connectivity index (χ2v) is 3.16. The third-order valence-electron chi connectivity index (χ3n) is 2.17. The van der Waals surface area contributed by atoms with Crippen molar-refractivity contribution in [2.75, 3.05) is 13.7 Å². The topological polar surface area (TPSA) is 21.3 Å². The fraction of sp³-hybridized carbons (Fsp3) is 0.455. The van der Waals surface area contributed by atoms with Gasteiger partial charge in [-0.1, -0.05) is 6.92 Å². The number of nitrogens with one attached hydrogen (secondary N) is 1. The molecule has 0 fully saturated rings. The van der Waals surface area contributed by atoms with Gasteiger partial charge in [-0.3, -0.25) is 0 Å².